The third-order valence-corrected chi connectivity index (χ3v) is 3.37. The van der Waals surface area contributed by atoms with E-state index in [0.29, 0.717) is 0 Å². The molecule has 2 atom stereocenters. The summed E-state index contributed by atoms with van der Waals surface area (Å²) in [6.45, 7) is 6.41. The van der Waals surface area contributed by atoms with E-state index in [0.717, 1.165) is 19.3 Å². The molecule has 0 aromatic rings. The standard InChI is InChI=1S/C10H16O2/c1-9(2)6-10(3)5-4-7(9)8(11)12-10/h7H,4-6H2,1-3H3. The number of fused-ring (bicyclic) bond motifs is 3. The van der Waals surface area contributed by atoms with Crippen LogP contribution in [0.2, 0.25) is 0 Å². The number of hydrogen-bond donors (Lipinski definition) is 0. The van der Waals surface area contributed by atoms with Gasteiger partial charge in [0.05, 0.1) is 5.92 Å². The van der Waals surface area contributed by atoms with E-state index >= 15 is 0 Å². The third kappa shape index (κ3) is 0.970. The molecule has 0 spiro atoms. The highest BCUT2D eigenvalue weighted by Gasteiger charge is 2.53. The zero-order valence-electron chi connectivity index (χ0n) is 8.02. The van der Waals surface area contributed by atoms with Crippen molar-refractivity contribution in [3.8, 4) is 0 Å². The van der Waals surface area contributed by atoms with E-state index in [-0.39, 0.29) is 22.9 Å². The second-order valence-electron chi connectivity index (χ2n) is 5.13. The Bertz CT molecular complexity index is 229. The molecular formula is C10H16O2. The molecule has 0 radical (unpaired) electrons. The lowest BCUT2D eigenvalue weighted by molar-refractivity contribution is -0.202. The van der Waals surface area contributed by atoms with Crippen LogP contribution in [0.5, 0.6) is 0 Å². The van der Waals surface area contributed by atoms with Gasteiger partial charge in [0.15, 0.2) is 0 Å². The van der Waals surface area contributed by atoms with Gasteiger partial charge < -0.3 is 4.74 Å². The first-order valence-electron chi connectivity index (χ1n) is 4.66. The van der Waals surface area contributed by atoms with Crippen molar-refractivity contribution in [1.29, 1.82) is 0 Å². The van der Waals surface area contributed by atoms with Gasteiger partial charge in [0.1, 0.15) is 5.60 Å². The van der Waals surface area contributed by atoms with Crippen LogP contribution in [0.4, 0.5) is 0 Å². The molecule has 12 heavy (non-hydrogen) atoms. The zero-order valence-corrected chi connectivity index (χ0v) is 8.02. The summed E-state index contributed by atoms with van der Waals surface area (Å²) in [7, 11) is 0. The molecule has 0 N–H and O–H groups in total. The number of rotatable bonds is 0. The fourth-order valence-electron chi connectivity index (χ4n) is 2.85. The molecule has 1 saturated carbocycles. The molecule has 68 valence electrons. The summed E-state index contributed by atoms with van der Waals surface area (Å²) in [5.74, 6) is 0.180. The summed E-state index contributed by atoms with van der Waals surface area (Å²) in [6, 6.07) is 0. The van der Waals surface area contributed by atoms with Crippen LogP contribution >= 0.6 is 0 Å². The number of carbonyl (C=O) groups excluding carboxylic acids is 1. The minimum absolute atomic E-state index is 0.0278. The van der Waals surface area contributed by atoms with Crippen molar-refractivity contribution in [3.63, 3.8) is 0 Å². The van der Waals surface area contributed by atoms with Crippen LogP contribution in [-0.2, 0) is 9.53 Å². The lowest BCUT2D eigenvalue weighted by Gasteiger charge is -2.51. The molecule has 2 heterocycles. The van der Waals surface area contributed by atoms with E-state index in [1.54, 1.807) is 0 Å². The van der Waals surface area contributed by atoms with E-state index in [9.17, 15) is 4.79 Å². The fraction of sp³-hybridized carbons (Fsp3) is 0.900. The molecule has 0 aromatic heterocycles. The first-order chi connectivity index (χ1) is 5.43. The van der Waals surface area contributed by atoms with Crippen molar-refractivity contribution >= 4 is 5.97 Å². The van der Waals surface area contributed by atoms with Crippen LogP contribution in [0.1, 0.15) is 40.0 Å². The normalized spacial score (nSPS) is 44.2. The van der Waals surface area contributed by atoms with Gasteiger partial charge in [0.2, 0.25) is 0 Å². The molecule has 2 heteroatoms. The first kappa shape index (κ1) is 8.09. The van der Waals surface area contributed by atoms with Crippen LogP contribution < -0.4 is 0 Å². The van der Waals surface area contributed by atoms with Gasteiger partial charge in [-0.05, 0) is 31.6 Å². The molecule has 0 aromatic carbocycles. The summed E-state index contributed by atoms with van der Waals surface area (Å²) in [5.41, 5.74) is -0.00231. The highest BCUT2D eigenvalue weighted by Crippen LogP contribution is 2.51. The van der Waals surface area contributed by atoms with E-state index < -0.39 is 0 Å². The fourth-order valence-corrected chi connectivity index (χ4v) is 2.85. The SMILES string of the molecule is CC12CCC(C(=O)O1)C(C)(C)C2. The van der Waals surface area contributed by atoms with E-state index in [2.05, 4.69) is 20.8 Å². The molecule has 3 aliphatic rings. The summed E-state index contributed by atoms with van der Waals surface area (Å²) >= 11 is 0. The molecular weight excluding hydrogens is 152 g/mol. The quantitative estimate of drug-likeness (QED) is 0.518. The van der Waals surface area contributed by atoms with Gasteiger partial charge in [-0.2, -0.15) is 0 Å². The molecule has 2 saturated heterocycles. The van der Waals surface area contributed by atoms with Crippen LogP contribution in [0, 0.1) is 11.3 Å². The topological polar surface area (TPSA) is 26.3 Å². The second kappa shape index (κ2) is 2.04. The molecule has 3 rings (SSSR count). The maximum absolute atomic E-state index is 11.5. The molecule has 2 bridgehead atoms. The van der Waals surface area contributed by atoms with Crippen molar-refractivity contribution in [2.45, 2.75) is 45.6 Å². The van der Waals surface area contributed by atoms with Gasteiger partial charge in [-0.25, -0.2) is 0 Å². The highest BCUT2D eigenvalue weighted by atomic mass is 16.6. The third-order valence-electron chi connectivity index (χ3n) is 3.37. The van der Waals surface area contributed by atoms with E-state index in [1.165, 1.54) is 0 Å². The Labute approximate surface area is 73.3 Å². The minimum atomic E-state index is -0.157. The van der Waals surface area contributed by atoms with Gasteiger partial charge in [-0.1, -0.05) is 13.8 Å². The predicted molar refractivity (Wildman–Crippen MR) is 45.6 cm³/mol. The first-order valence-corrected chi connectivity index (χ1v) is 4.66. The summed E-state index contributed by atoms with van der Waals surface area (Å²) in [4.78, 5) is 11.5. The second-order valence-corrected chi connectivity index (χ2v) is 5.13. The maximum atomic E-state index is 11.5. The molecule has 2 aliphatic heterocycles. The zero-order chi connectivity index (χ0) is 8.98. The lowest BCUT2D eigenvalue weighted by atomic mass is 9.61. The summed E-state index contributed by atoms with van der Waals surface area (Å²) < 4.78 is 5.37. The van der Waals surface area contributed by atoms with Gasteiger partial charge in [-0.15, -0.1) is 0 Å². The van der Waals surface area contributed by atoms with Gasteiger partial charge in [-0.3, -0.25) is 4.79 Å². The number of hydrogen-bond acceptors (Lipinski definition) is 2. The van der Waals surface area contributed by atoms with Crippen LogP contribution in [0.25, 0.3) is 0 Å². The van der Waals surface area contributed by atoms with Gasteiger partial charge in [0.25, 0.3) is 0 Å². The Hall–Kier alpha value is -0.530. The van der Waals surface area contributed by atoms with Gasteiger partial charge >= 0.3 is 5.97 Å². The lowest BCUT2D eigenvalue weighted by Crippen LogP contribution is -2.54. The molecule has 2 unspecified atom stereocenters. The summed E-state index contributed by atoms with van der Waals surface area (Å²) in [6.07, 6.45) is 3.09. The molecule has 0 amide bonds. The Balaban J connectivity index is 2.34. The van der Waals surface area contributed by atoms with Crippen LogP contribution in [0.15, 0.2) is 0 Å². The summed E-state index contributed by atoms with van der Waals surface area (Å²) in [5, 5.41) is 0. The largest absolute Gasteiger partial charge is 0.459 e. The maximum Gasteiger partial charge on any atom is 0.310 e. The molecule has 3 fully saturated rings. The van der Waals surface area contributed by atoms with Crippen molar-refractivity contribution in [1.82, 2.24) is 0 Å². The number of esters is 1. The number of ether oxygens (including phenoxy) is 1. The van der Waals surface area contributed by atoms with E-state index in [1.807, 2.05) is 0 Å². The van der Waals surface area contributed by atoms with E-state index in [4.69, 9.17) is 4.74 Å². The van der Waals surface area contributed by atoms with Crippen molar-refractivity contribution in [2.24, 2.45) is 11.3 Å². The Morgan fingerprint density at radius 2 is 2.08 bits per heavy atom. The average molecular weight is 168 g/mol. The molecule has 2 nitrogen and oxygen atoms in total. The number of carbonyl (C=O) groups is 1. The van der Waals surface area contributed by atoms with Crippen molar-refractivity contribution in [2.75, 3.05) is 0 Å². The monoisotopic (exact) mass is 168 g/mol. The van der Waals surface area contributed by atoms with Crippen LogP contribution in [-0.4, -0.2) is 11.6 Å². The molecule has 1 aliphatic carbocycles. The Morgan fingerprint density at radius 3 is 2.50 bits per heavy atom. The predicted octanol–water partition coefficient (Wildman–Crippen LogP) is 2.13. The smallest absolute Gasteiger partial charge is 0.310 e. The Morgan fingerprint density at radius 1 is 1.42 bits per heavy atom. The van der Waals surface area contributed by atoms with Crippen molar-refractivity contribution in [3.05, 3.63) is 0 Å². The minimum Gasteiger partial charge on any atom is -0.459 e. The average Bonchev–Trinajstić information content (AvgIpc) is 1.80. The highest BCUT2D eigenvalue weighted by molar-refractivity contribution is 5.75. The van der Waals surface area contributed by atoms with Gasteiger partial charge in [0, 0.05) is 0 Å². The Kier molecular flexibility index (Phi) is 1.37. The van der Waals surface area contributed by atoms with Crippen molar-refractivity contribution < 1.29 is 9.53 Å². The van der Waals surface area contributed by atoms with Crippen LogP contribution in [0.3, 0.4) is 0 Å².